The molecule has 0 spiro atoms. The number of pyridine rings is 1. The molecule has 10 nitrogen and oxygen atoms in total. The van der Waals surface area contributed by atoms with Gasteiger partial charge in [-0.2, -0.15) is 13.7 Å². The van der Waals surface area contributed by atoms with Crippen LogP contribution in [0.3, 0.4) is 0 Å². The molecule has 3 heterocycles. The maximum absolute atomic E-state index is 13.6. The van der Waals surface area contributed by atoms with Gasteiger partial charge in [-0.15, -0.1) is 9.19 Å². The molecule has 170 valence electrons. The number of nitriles is 1. The van der Waals surface area contributed by atoms with E-state index in [0.29, 0.717) is 14.7 Å². The van der Waals surface area contributed by atoms with E-state index in [4.69, 9.17) is 27.8 Å². The molecule has 0 aliphatic carbocycles. The minimum Gasteiger partial charge on any atom is -0.506 e. The van der Waals surface area contributed by atoms with E-state index in [-0.39, 0.29) is 50.3 Å². The number of halogens is 1. The maximum atomic E-state index is 13.6. The molecule has 5 N–H and O–H groups in total. The summed E-state index contributed by atoms with van der Waals surface area (Å²) in [7, 11) is -4.38. The average Bonchev–Trinajstić information content (AvgIpc) is 3.15. The van der Waals surface area contributed by atoms with Gasteiger partial charge in [-0.3, -0.25) is 4.98 Å². The number of phenolic OH excluding ortho intramolecular Hbond substituents is 1. The summed E-state index contributed by atoms with van der Waals surface area (Å²) in [5.41, 5.74) is 13.2. The van der Waals surface area contributed by atoms with Gasteiger partial charge in [0.1, 0.15) is 28.7 Å². The van der Waals surface area contributed by atoms with Crippen molar-refractivity contribution in [1.82, 2.24) is 14.2 Å². The van der Waals surface area contributed by atoms with Crippen LogP contribution >= 0.6 is 11.6 Å². The fourth-order valence-corrected chi connectivity index (χ4v) is 5.47. The van der Waals surface area contributed by atoms with Gasteiger partial charge in [-0.1, -0.05) is 23.7 Å². The highest BCUT2D eigenvalue weighted by Gasteiger charge is 2.38. The molecule has 2 aromatic carbocycles. The highest BCUT2D eigenvalue weighted by atomic mass is 35.5. The summed E-state index contributed by atoms with van der Waals surface area (Å²) in [6.45, 7) is 0. The Hall–Kier alpha value is -4.27. The van der Waals surface area contributed by atoms with Crippen LogP contribution in [0.5, 0.6) is 11.6 Å². The molecule has 2 aromatic heterocycles. The van der Waals surface area contributed by atoms with Crippen molar-refractivity contribution in [1.29, 1.82) is 5.26 Å². The number of anilines is 1. The van der Waals surface area contributed by atoms with Crippen molar-refractivity contribution in [2.24, 2.45) is 5.73 Å². The average molecular weight is 495 g/mol. The molecule has 0 bridgehead atoms. The van der Waals surface area contributed by atoms with Crippen LogP contribution in [-0.4, -0.2) is 27.7 Å². The molecule has 1 aliphatic rings. The Kier molecular flexibility index (Phi) is 4.85. The van der Waals surface area contributed by atoms with E-state index in [2.05, 4.69) is 10.1 Å². The molecular formula is C22H15ClN6O4S. The first kappa shape index (κ1) is 21.6. The summed E-state index contributed by atoms with van der Waals surface area (Å²) in [6, 6.07) is 14.1. The summed E-state index contributed by atoms with van der Waals surface area (Å²) in [6.07, 6.45) is 1.43. The van der Waals surface area contributed by atoms with Crippen LogP contribution in [0.1, 0.15) is 17.0 Å². The Morgan fingerprint density at radius 3 is 2.59 bits per heavy atom. The first-order valence-corrected chi connectivity index (χ1v) is 11.6. The SMILES string of the molecule is N#CC1=C(N)Oc2nn(S(=O)(=O)c3ccc(O)c4ncccc34)c(N)c2[C@H]1c1ccc(Cl)cc1. The number of fused-ring (bicyclic) bond motifs is 2. The standard InChI is InChI=1S/C22H15ClN6O4S/c23-12-5-3-11(4-6-12)17-14(10-24)21(26)33-22-18(17)20(25)29(28-22)34(31,32)16-8-7-15(30)19-13(16)2-1-9-27-19/h1-9,17,30H,25-26H2/t17-/m0/s1. The molecule has 34 heavy (non-hydrogen) atoms. The summed E-state index contributed by atoms with van der Waals surface area (Å²) in [4.78, 5) is 3.88. The van der Waals surface area contributed by atoms with E-state index in [0.717, 1.165) is 0 Å². The Balaban J connectivity index is 1.74. The van der Waals surface area contributed by atoms with Gasteiger partial charge in [0.05, 0.1) is 16.4 Å². The third-order valence-corrected chi connectivity index (χ3v) is 7.38. The molecule has 12 heteroatoms. The van der Waals surface area contributed by atoms with E-state index in [1.54, 1.807) is 30.3 Å². The summed E-state index contributed by atoms with van der Waals surface area (Å²) >= 11 is 6.00. The molecular weight excluding hydrogens is 480 g/mol. The summed E-state index contributed by atoms with van der Waals surface area (Å²) < 4.78 is 33.4. The number of hydrogen-bond donors (Lipinski definition) is 3. The number of hydrogen-bond acceptors (Lipinski definition) is 9. The highest BCUT2D eigenvalue weighted by Crippen LogP contribution is 2.45. The van der Waals surface area contributed by atoms with E-state index in [9.17, 15) is 18.8 Å². The number of nitrogens with zero attached hydrogens (tertiary/aromatic N) is 4. The molecule has 0 saturated heterocycles. The second-order valence-electron chi connectivity index (χ2n) is 7.41. The van der Waals surface area contributed by atoms with E-state index in [1.807, 2.05) is 6.07 Å². The first-order chi connectivity index (χ1) is 16.2. The van der Waals surface area contributed by atoms with Crippen molar-refractivity contribution in [3.63, 3.8) is 0 Å². The molecule has 1 atom stereocenters. The largest absolute Gasteiger partial charge is 0.506 e. The van der Waals surface area contributed by atoms with Crippen LogP contribution in [0, 0.1) is 11.3 Å². The van der Waals surface area contributed by atoms with Crippen LogP contribution in [0.2, 0.25) is 5.02 Å². The zero-order valence-corrected chi connectivity index (χ0v) is 18.7. The number of nitrogens with two attached hydrogens (primary N) is 2. The van der Waals surface area contributed by atoms with Gasteiger partial charge < -0.3 is 21.3 Å². The van der Waals surface area contributed by atoms with Gasteiger partial charge >= 0.3 is 0 Å². The Labute approximate surface area is 198 Å². The first-order valence-electron chi connectivity index (χ1n) is 9.77. The number of aromatic nitrogens is 3. The second kappa shape index (κ2) is 7.65. The zero-order valence-electron chi connectivity index (χ0n) is 17.2. The number of phenols is 1. The smallest absolute Gasteiger partial charge is 0.285 e. The van der Waals surface area contributed by atoms with Gasteiger partial charge in [0.25, 0.3) is 10.0 Å². The molecule has 0 amide bonds. The highest BCUT2D eigenvalue weighted by molar-refractivity contribution is 7.90. The van der Waals surface area contributed by atoms with Gasteiger partial charge in [-0.05, 0) is 42.0 Å². The van der Waals surface area contributed by atoms with E-state index >= 15 is 0 Å². The second-order valence-corrected chi connectivity index (χ2v) is 9.58. The van der Waals surface area contributed by atoms with Crippen molar-refractivity contribution in [2.75, 3.05) is 5.73 Å². The molecule has 1 aliphatic heterocycles. The monoisotopic (exact) mass is 494 g/mol. The number of benzene rings is 2. The third-order valence-electron chi connectivity index (χ3n) is 5.48. The van der Waals surface area contributed by atoms with Crippen molar-refractivity contribution in [3.8, 4) is 17.7 Å². The number of allylic oxidation sites excluding steroid dienone is 1. The quantitative estimate of drug-likeness (QED) is 0.387. The van der Waals surface area contributed by atoms with Crippen molar-refractivity contribution >= 4 is 38.3 Å². The van der Waals surface area contributed by atoms with Crippen LogP contribution in [0.15, 0.2) is 71.1 Å². The number of ether oxygens (including phenoxy) is 1. The van der Waals surface area contributed by atoms with Crippen LogP contribution < -0.4 is 16.2 Å². The maximum Gasteiger partial charge on any atom is 0.285 e. The van der Waals surface area contributed by atoms with E-state index in [1.165, 1.54) is 24.4 Å². The molecule has 4 aromatic rings. The number of nitrogen functional groups attached to an aromatic ring is 1. The van der Waals surface area contributed by atoms with Gasteiger partial charge in [0.2, 0.25) is 11.8 Å². The zero-order chi connectivity index (χ0) is 24.2. The Bertz CT molecular complexity index is 1660. The lowest BCUT2D eigenvalue weighted by Crippen LogP contribution is -2.21. The van der Waals surface area contributed by atoms with E-state index < -0.39 is 15.9 Å². The fourth-order valence-electron chi connectivity index (χ4n) is 3.94. The third kappa shape index (κ3) is 3.12. The predicted molar refractivity (Wildman–Crippen MR) is 123 cm³/mol. The van der Waals surface area contributed by atoms with Gasteiger partial charge in [0, 0.05) is 16.6 Å². The molecule has 5 rings (SSSR count). The van der Waals surface area contributed by atoms with Crippen molar-refractivity contribution < 1.29 is 18.3 Å². The lowest BCUT2D eigenvalue weighted by Gasteiger charge is -2.23. The van der Waals surface area contributed by atoms with Crippen LogP contribution in [-0.2, 0) is 10.0 Å². The summed E-state index contributed by atoms with van der Waals surface area (Å²) in [5.74, 6) is -1.60. The molecule has 0 fully saturated rings. The van der Waals surface area contributed by atoms with Crippen LogP contribution in [0.4, 0.5) is 5.82 Å². The Morgan fingerprint density at radius 1 is 1.15 bits per heavy atom. The molecule has 0 unspecified atom stereocenters. The van der Waals surface area contributed by atoms with Crippen molar-refractivity contribution in [2.45, 2.75) is 10.8 Å². The van der Waals surface area contributed by atoms with Crippen LogP contribution in [0.25, 0.3) is 10.9 Å². The number of rotatable bonds is 3. The lowest BCUT2D eigenvalue weighted by molar-refractivity contribution is 0.377. The topological polar surface area (TPSA) is 170 Å². The number of aromatic hydroxyl groups is 1. The minimum atomic E-state index is -4.38. The van der Waals surface area contributed by atoms with Gasteiger partial charge in [-0.25, -0.2) is 0 Å². The minimum absolute atomic E-state index is 0.0535. The Morgan fingerprint density at radius 2 is 1.88 bits per heavy atom. The molecule has 0 saturated carbocycles. The normalized spacial score (nSPS) is 15.6. The fraction of sp³-hybridized carbons (Fsp3) is 0.0455. The lowest BCUT2D eigenvalue weighted by atomic mass is 9.85. The van der Waals surface area contributed by atoms with Crippen molar-refractivity contribution in [3.05, 3.63) is 82.3 Å². The van der Waals surface area contributed by atoms with Gasteiger partial charge in [0.15, 0.2) is 0 Å². The predicted octanol–water partition coefficient (Wildman–Crippen LogP) is 2.83. The summed E-state index contributed by atoms with van der Waals surface area (Å²) in [5, 5.41) is 24.6. The molecule has 0 radical (unpaired) electrons.